The van der Waals surface area contributed by atoms with E-state index in [1.54, 1.807) is 18.2 Å². The van der Waals surface area contributed by atoms with Crippen LogP contribution >= 0.6 is 0 Å². The van der Waals surface area contributed by atoms with Crippen LogP contribution in [0.15, 0.2) is 52.9 Å². The molecule has 2 amide bonds. The van der Waals surface area contributed by atoms with Gasteiger partial charge >= 0.3 is 0 Å². The second kappa shape index (κ2) is 7.67. The lowest BCUT2D eigenvalue weighted by atomic mass is 10.0. The van der Waals surface area contributed by atoms with Crippen LogP contribution in [0.1, 0.15) is 35.4 Å². The average molecular weight is 432 g/mol. The van der Waals surface area contributed by atoms with Crippen LogP contribution in [0.25, 0.3) is 11.0 Å². The summed E-state index contributed by atoms with van der Waals surface area (Å²) in [6.07, 6.45) is 3.21. The molecule has 3 aliphatic rings. The van der Waals surface area contributed by atoms with Gasteiger partial charge in [0, 0.05) is 24.2 Å². The van der Waals surface area contributed by atoms with E-state index in [0.29, 0.717) is 36.5 Å². The number of nitrogens with one attached hydrogen (secondary N) is 1. The van der Waals surface area contributed by atoms with Crippen LogP contribution in [-0.4, -0.2) is 48.1 Å². The molecule has 0 spiro atoms. The van der Waals surface area contributed by atoms with Gasteiger partial charge in [0.1, 0.15) is 11.3 Å². The Hall–Kier alpha value is -3.32. The first-order valence-corrected chi connectivity index (χ1v) is 11.2. The molecule has 32 heavy (non-hydrogen) atoms. The van der Waals surface area contributed by atoms with Crippen molar-refractivity contribution in [1.82, 2.24) is 4.90 Å². The number of hydrogen-bond acceptors (Lipinski definition) is 5. The van der Waals surface area contributed by atoms with Gasteiger partial charge in [-0.15, -0.1) is 0 Å². The first kappa shape index (κ1) is 19.4. The van der Waals surface area contributed by atoms with Crippen LogP contribution in [0.4, 0.5) is 5.69 Å². The van der Waals surface area contributed by atoms with Crippen molar-refractivity contribution in [3.05, 3.63) is 59.9 Å². The largest absolute Gasteiger partial charge is 0.480 e. The Morgan fingerprint density at radius 1 is 0.969 bits per heavy atom. The van der Waals surface area contributed by atoms with Crippen LogP contribution in [0.5, 0.6) is 5.75 Å². The molecule has 164 valence electrons. The minimum atomic E-state index is -0.529. The number of para-hydroxylation sites is 1. The van der Waals surface area contributed by atoms with E-state index < -0.39 is 6.10 Å². The lowest BCUT2D eigenvalue weighted by molar-refractivity contribution is -0.123. The van der Waals surface area contributed by atoms with Gasteiger partial charge in [-0.25, -0.2) is 0 Å². The summed E-state index contributed by atoms with van der Waals surface area (Å²) in [7, 11) is 0. The third kappa shape index (κ3) is 3.52. The number of morpholine rings is 1. The summed E-state index contributed by atoms with van der Waals surface area (Å²) >= 11 is 0. The van der Waals surface area contributed by atoms with Crippen molar-refractivity contribution in [3.63, 3.8) is 0 Å². The van der Waals surface area contributed by atoms with Crippen LogP contribution in [0.2, 0.25) is 0 Å². The number of carbonyl (C=O) groups excluding carboxylic acids is 2. The molecule has 2 bridgehead atoms. The number of likely N-dealkylation sites (tertiary alicyclic amines) is 1. The molecule has 3 aliphatic heterocycles. The third-order valence-corrected chi connectivity index (χ3v) is 6.54. The highest BCUT2D eigenvalue weighted by molar-refractivity contribution is 5.99. The molecule has 2 fully saturated rings. The fourth-order valence-corrected chi connectivity index (χ4v) is 4.89. The molecule has 6 rings (SSSR count). The summed E-state index contributed by atoms with van der Waals surface area (Å²) in [5.74, 6) is 0.796. The van der Waals surface area contributed by atoms with E-state index in [0.717, 1.165) is 36.0 Å². The Labute approximate surface area is 185 Å². The molecule has 1 N–H and O–H groups in total. The van der Waals surface area contributed by atoms with Crippen molar-refractivity contribution in [3.8, 4) is 5.75 Å². The topological polar surface area (TPSA) is 81.0 Å². The van der Waals surface area contributed by atoms with Gasteiger partial charge in [0.15, 0.2) is 11.9 Å². The molecule has 1 unspecified atom stereocenters. The van der Waals surface area contributed by atoms with Crippen molar-refractivity contribution < 1.29 is 23.5 Å². The summed E-state index contributed by atoms with van der Waals surface area (Å²) < 4.78 is 17.5. The smallest absolute Gasteiger partial charge is 0.289 e. The molecule has 2 aromatic carbocycles. The SMILES string of the molecule is O=C(Nc1ccc2oc(C(=O)N3C[C@H]4CC[C@@H](C3)O4)cc2c1)C1CCc2ccccc2O1. The summed E-state index contributed by atoms with van der Waals surface area (Å²) in [5, 5.41) is 3.71. The molecule has 0 saturated carbocycles. The molecule has 3 aromatic rings. The third-order valence-electron chi connectivity index (χ3n) is 6.54. The predicted molar refractivity (Wildman–Crippen MR) is 118 cm³/mol. The summed E-state index contributed by atoms with van der Waals surface area (Å²) in [4.78, 5) is 27.5. The van der Waals surface area contributed by atoms with E-state index in [1.807, 2.05) is 35.2 Å². The standard InChI is InChI=1S/C25H24N2O5/c28-24(22-9-5-15-3-1-2-4-20(15)31-22)26-17-6-10-21-16(11-17)12-23(32-21)25(29)27-13-18-7-8-19(14-27)30-18/h1-4,6,10-12,18-19,22H,5,7-9,13-14H2,(H,26,28)/t18-,19+,22?. The number of hydrogen-bond donors (Lipinski definition) is 1. The number of furan rings is 1. The Kier molecular flexibility index (Phi) is 4.64. The van der Waals surface area contributed by atoms with Crippen LogP contribution in [0.3, 0.4) is 0 Å². The van der Waals surface area contributed by atoms with Crippen molar-refractivity contribution >= 4 is 28.5 Å². The fraction of sp³-hybridized carbons (Fsp3) is 0.360. The van der Waals surface area contributed by atoms with E-state index in [9.17, 15) is 9.59 Å². The number of rotatable bonds is 3. The first-order chi connectivity index (χ1) is 15.6. The van der Waals surface area contributed by atoms with E-state index >= 15 is 0 Å². The van der Waals surface area contributed by atoms with Gasteiger partial charge in [-0.2, -0.15) is 0 Å². The van der Waals surface area contributed by atoms with Crippen LogP contribution in [-0.2, 0) is 16.0 Å². The second-order valence-electron chi connectivity index (χ2n) is 8.77. The number of aryl methyl sites for hydroxylation is 1. The number of carbonyl (C=O) groups is 2. The van der Waals surface area contributed by atoms with Gasteiger partial charge in [-0.1, -0.05) is 18.2 Å². The average Bonchev–Trinajstić information content (AvgIpc) is 3.40. The van der Waals surface area contributed by atoms with Gasteiger partial charge in [0.05, 0.1) is 12.2 Å². The van der Waals surface area contributed by atoms with Gasteiger partial charge in [-0.3, -0.25) is 9.59 Å². The van der Waals surface area contributed by atoms with Crippen molar-refractivity contribution in [2.24, 2.45) is 0 Å². The highest BCUT2D eigenvalue weighted by Crippen LogP contribution is 2.30. The minimum absolute atomic E-state index is 0.110. The van der Waals surface area contributed by atoms with E-state index in [4.69, 9.17) is 13.9 Å². The Balaban J connectivity index is 1.16. The summed E-state index contributed by atoms with van der Waals surface area (Å²) in [6, 6.07) is 14.9. The summed E-state index contributed by atoms with van der Waals surface area (Å²) in [6.45, 7) is 1.22. The number of benzene rings is 2. The lowest BCUT2D eigenvalue weighted by Gasteiger charge is -2.31. The first-order valence-electron chi connectivity index (χ1n) is 11.2. The maximum Gasteiger partial charge on any atom is 0.289 e. The van der Waals surface area contributed by atoms with Crippen LogP contribution < -0.4 is 10.1 Å². The monoisotopic (exact) mass is 432 g/mol. The number of amides is 2. The molecular weight excluding hydrogens is 408 g/mol. The van der Waals surface area contributed by atoms with Crippen molar-refractivity contribution in [1.29, 1.82) is 0 Å². The van der Waals surface area contributed by atoms with E-state index in [1.165, 1.54) is 0 Å². The lowest BCUT2D eigenvalue weighted by Crippen LogP contribution is -2.45. The van der Waals surface area contributed by atoms with Crippen molar-refractivity contribution in [2.75, 3.05) is 18.4 Å². The molecule has 1 aromatic heterocycles. The molecule has 0 radical (unpaired) electrons. The second-order valence-corrected chi connectivity index (χ2v) is 8.77. The zero-order valence-electron chi connectivity index (χ0n) is 17.6. The van der Waals surface area contributed by atoms with Gasteiger partial charge in [0.25, 0.3) is 11.8 Å². The number of ether oxygens (including phenoxy) is 2. The van der Waals surface area contributed by atoms with Gasteiger partial charge in [-0.05, 0) is 61.6 Å². The summed E-state index contributed by atoms with van der Waals surface area (Å²) in [5.41, 5.74) is 2.39. The molecule has 4 heterocycles. The maximum absolute atomic E-state index is 12.9. The van der Waals surface area contributed by atoms with Crippen molar-refractivity contribution in [2.45, 2.75) is 44.0 Å². The fourth-order valence-electron chi connectivity index (χ4n) is 4.89. The molecule has 7 nitrogen and oxygen atoms in total. The van der Waals surface area contributed by atoms with Crippen LogP contribution in [0, 0.1) is 0 Å². The zero-order chi connectivity index (χ0) is 21.7. The van der Waals surface area contributed by atoms with Gasteiger partial charge in [0.2, 0.25) is 0 Å². The normalized spacial score (nSPS) is 24.1. The molecule has 7 heteroatoms. The maximum atomic E-state index is 12.9. The quantitative estimate of drug-likeness (QED) is 0.682. The van der Waals surface area contributed by atoms with E-state index in [2.05, 4.69) is 5.32 Å². The molecule has 3 atom stereocenters. The minimum Gasteiger partial charge on any atom is -0.480 e. The highest BCUT2D eigenvalue weighted by atomic mass is 16.5. The Morgan fingerprint density at radius 2 is 1.78 bits per heavy atom. The number of nitrogens with zero attached hydrogens (tertiary/aromatic N) is 1. The zero-order valence-corrected chi connectivity index (χ0v) is 17.6. The molecule has 0 aliphatic carbocycles. The Bertz CT molecular complexity index is 1190. The Morgan fingerprint density at radius 3 is 2.62 bits per heavy atom. The van der Waals surface area contributed by atoms with E-state index in [-0.39, 0.29) is 24.0 Å². The predicted octanol–water partition coefficient (Wildman–Crippen LogP) is 3.77. The highest BCUT2D eigenvalue weighted by Gasteiger charge is 2.36. The van der Waals surface area contributed by atoms with Gasteiger partial charge < -0.3 is 24.1 Å². The molecular formula is C25H24N2O5. The number of anilines is 1. The molecule has 2 saturated heterocycles. The number of fused-ring (bicyclic) bond motifs is 4.